The molecule has 0 aliphatic rings. The third-order valence-electron chi connectivity index (χ3n) is 2.41. The monoisotopic (exact) mass is 386 g/mol. The van der Waals surface area contributed by atoms with E-state index in [0.29, 0.717) is 23.9 Å². The smallest absolute Gasteiger partial charge is 0.181 e. The lowest BCUT2D eigenvalue weighted by molar-refractivity contribution is 0.181. The van der Waals surface area contributed by atoms with Gasteiger partial charge in [0.1, 0.15) is 11.5 Å². The lowest BCUT2D eigenvalue weighted by Gasteiger charge is -2.10. The van der Waals surface area contributed by atoms with Gasteiger partial charge in [-0.1, -0.05) is 0 Å². The number of hydrogen-bond acceptors (Lipinski definition) is 5. The fourth-order valence-electron chi connectivity index (χ4n) is 1.55. The van der Waals surface area contributed by atoms with Crippen LogP contribution < -0.4 is 5.32 Å². The Hall–Kier alpha value is -1.05. The molecule has 5 nitrogen and oxygen atoms in total. The molecule has 2 aromatic rings. The third kappa shape index (κ3) is 3.10. The first kappa shape index (κ1) is 14.4. The van der Waals surface area contributed by atoms with E-state index in [9.17, 15) is 0 Å². The number of aromatic nitrogens is 3. The molecule has 0 fully saturated rings. The zero-order valence-electron chi connectivity index (χ0n) is 10.4. The van der Waals surface area contributed by atoms with Crippen molar-refractivity contribution < 1.29 is 4.74 Å². The molecule has 0 aliphatic carbocycles. The van der Waals surface area contributed by atoms with Crippen LogP contribution in [0.3, 0.4) is 0 Å². The molecule has 0 saturated carbocycles. The van der Waals surface area contributed by atoms with Crippen LogP contribution in [-0.4, -0.2) is 29.1 Å². The van der Waals surface area contributed by atoms with Crippen molar-refractivity contribution in [1.29, 1.82) is 0 Å². The molecule has 1 N–H and O–H groups in total. The zero-order chi connectivity index (χ0) is 13.8. The fraction of sp³-hybridized carbons (Fsp3) is 0.250. The molecular weight excluding hydrogens is 376 g/mol. The van der Waals surface area contributed by atoms with Crippen molar-refractivity contribution in [1.82, 2.24) is 15.0 Å². The van der Waals surface area contributed by atoms with Crippen LogP contribution in [0, 0.1) is 0 Å². The van der Waals surface area contributed by atoms with E-state index in [0.717, 1.165) is 14.6 Å². The molecule has 100 valence electrons. The molecule has 2 aromatic heterocycles. The van der Waals surface area contributed by atoms with E-state index in [-0.39, 0.29) is 0 Å². The topological polar surface area (TPSA) is 59.9 Å². The summed E-state index contributed by atoms with van der Waals surface area (Å²) in [5.74, 6) is 1.25. The minimum Gasteiger partial charge on any atom is -0.378 e. The van der Waals surface area contributed by atoms with Crippen LogP contribution in [0.2, 0.25) is 0 Å². The number of hydrogen-bond donors (Lipinski definition) is 1. The third-order valence-corrected chi connectivity index (χ3v) is 3.88. The Morgan fingerprint density at radius 2 is 2.11 bits per heavy atom. The van der Waals surface area contributed by atoms with Crippen molar-refractivity contribution in [3.05, 3.63) is 33.0 Å². The molecule has 0 atom stereocenters. The molecule has 19 heavy (non-hydrogen) atoms. The minimum atomic E-state index is 0.398. The summed E-state index contributed by atoms with van der Waals surface area (Å²) in [5, 5.41) is 3.03. The number of anilines is 1. The SMILES string of the molecule is CNc1nc(-c2ncccc2Br)nc(COC)c1Br. The Labute approximate surface area is 128 Å². The van der Waals surface area contributed by atoms with Gasteiger partial charge in [-0.15, -0.1) is 0 Å². The summed E-state index contributed by atoms with van der Waals surface area (Å²) >= 11 is 6.92. The second kappa shape index (κ2) is 6.40. The van der Waals surface area contributed by atoms with Crippen LogP contribution in [0.5, 0.6) is 0 Å². The van der Waals surface area contributed by atoms with Gasteiger partial charge in [-0.3, -0.25) is 4.98 Å². The first-order valence-electron chi connectivity index (χ1n) is 5.51. The first-order chi connectivity index (χ1) is 9.17. The molecule has 0 bridgehead atoms. The maximum absolute atomic E-state index is 5.15. The van der Waals surface area contributed by atoms with Crippen LogP contribution in [-0.2, 0) is 11.3 Å². The van der Waals surface area contributed by atoms with E-state index in [4.69, 9.17) is 4.74 Å². The molecular formula is C12H12Br2N4O. The van der Waals surface area contributed by atoms with E-state index in [1.54, 1.807) is 20.4 Å². The average Bonchev–Trinajstić information content (AvgIpc) is 2.42. The Morgan fingerprint density at radius 3 is 2.74 bits per heavy atom. The summed E-state index contributed by atoms with van der Waals surface area (Å²) < 4.78 is 6.80. The highest BCUT2D eigenvalue weighted by Gasteiger charge is 2.15. The van der Waals surface area contributed by atoms with Crippen LogP contribution >= 0.6 is 31.9 Å². The Balaban J connectivity index is 2.58. The van der Waals surface area contributed by atoms with Gasteiger partial charge in [0.05, 0.1) is 16.8 Å². The summed E-state index contributed by atoms with van der Waals surface area (Å²) in [5.41, 5.74) is 1.47. The van der Waals surface area contributed by atoms with E-state index < -0.39 is 0 Å². The van der Waals surface area contributed by atoms with Crippen molar-refractivity contribution >= 4 is 37.7 Å². The molecule has 0 aromatic carbocycles. The molecule has 0 aliphatic heterocycles. The standard InChI is InChI=1S/C12H12Br2N4O/c1-15-11-9(14)8(6-19-2)17-12(18-11)10-7(13)4-3-5-16-10/h3-5H,6H2,1-2H3,(H,15,17,18). The Kier molecular flexibility index (Phi) is 4.84. The number of pyridine rings is 1. The minimum absolute atomic E-state index is 0.398. The van der Waals surface area contributed by atoms with Crippen molar-refractivity contribution in [2.24, 2.45) is 0 Å². The van der Waals surface area contributed by atoms with Gasteiger partial charge >= 0.3 is 0 Å². The number of methoxy groups -OCH3 is 1. The van der Waals surface area contributed by atoms with E-state index in [1.807, 2.05) is 12.1 Å². The molecule has 0 unspecified atom stereocenters. The highest BCUT2D eigenvalue weighted by atomic mass is 79.9. The highest BCUT2D eigenvalue weighted by Crippen LogP contribution is 2.29. The number of rotatable bonds is 4. The quantitative estimate of drug-likeness (QED) is 0.872. The number of nitrogens with zero attached hydrogens (tertiary/aromatic N) is 3. The van der Waals surface area contributed by atoms with E-state index in [2.05, 4.69) is 52.1 Å². The average molecular weight is 388 g/mol. The molecule has 0 spiro atoms. The van der Waals surface area contributed by atoms with Crippen LogP contribution in [0.15, 0.2) is 27.3 Å². The number of nitrogens with one attached hydrogen (secondary N) is 1. The lowest BCUT2D eigenvalue weighted by Crippen LogP contribution is -2.05. The van der Waals surface area contributed by atoms with Gasteiger partial charge < -0.3 is 10.1 Å². The maximum Gasteiger partial charge on any atom is 0.181 e. The Bertz CT molecular complexity index is 592. The van der Waals surface area contributed by atoms with Crippen LogP contribution in [0.4, 0.5) is 5.82 Å². The lowest BCUT2D eigenvalue weighted by atomic mass is 10.3. The molecule has 0 amide bonds. The predicted octanol–water partition coefficient (Wildman–Crippen LogP) is 3.25. The normalized spacial score (nSPS) is 10.5. The highest BCUT2D eigenvalue weighted by molar-refractivity contribution is 9.11. The van der Waals surface area contributed by atoms with Crippen molar-refractivity contribution in [3.63, 3.8) is 0 Å². The second-order valence-electron chi connectivity index (χ2n) is 3.67. The molecule has 2 heterocycles. The first-order valence-corrected chi connectivity index (χ1v) is 7.10. The summed E-state index contributed by atoms with van der Waals surface area (Å²) in [6.45, 7) is 0.398. The predicted molar refractivity (Wildman–Crippen MR) is 80.9 cm³/mol. The van der Waals surface area contributed by atoms with Crippen LogP contribution in [0.25, 0.3) is 11.5 Å². The summed E-state index contributed by atoms with van der Waals surface area (Å²) in [6.07, 6.45) is 1.71. The van der Waals surface area contributed by atoms with Crippen LogP contribution in [0.1, 0.15) is 5.69 Å². The van der Waals surface area contributed by atoms with Gasteiger partial charge in [0.25, 0.3) is 0 Å². The van der Waals surface area contributed by atoms with Gasteiger partial charge in [-0.05, 0) is 44.0 Å². The van der Waals surface area contributed by atoms with Gasteiger partial charge in [-0.2, -0.15) is 0 Å². The second-order valence-corrected chi connectivity index (χ2v) is 5.32. The Morgan fingerprint density at radius 1 is 1.32 bits per heavy atom. The van der Waals surface area contributed by atoms with E-state index in [1.165, 1.54) is 0 Å². The summed E-state index contributed by atoms with van der Waals surface area (Å²) in [4.78, 5) is 13.2. The number of halogens is 2. The number of ether oxygens (including phenoxy) is 1. The van der Waals surface area contributed by atoms with Gasteiger partial charge in [-0.25, -0.2) is 9.97 Å². The van der Waals surface area contributed by atoms with Gasteiger partial charge in [0.15, 0.2) is 5.82 Å². The summed E-state index contributed by atoms with van der Waals surface area (Å²) in [7, 11) is 3.44. The van der Waals surface area contributed by atoms with E-state index >= 15 is 0 Å². The molecule has 0 saturated heterocycles. The maximum atomic E-state index is 5.15. The van der Waals surface area contributed by atoms with Crippen molar-refractivity contribution in [2.45, 2.75) is 6.61 Å². The fourth-order valence-corrected chi connectivity index (χ4v) is 2.47. The van der Waals surface area contributed by atoms with Crippen molar-refractivity contribution in [3.8, 4) is 11.5 Å². The van der Waals surface area contributed by atoms with Gasteiger partial charge in [0.2, 0.25) is 0 Å². The van der Waals surface area contributed by atoms with Crippen molar-refractivity contribution in [2.75, 3.05) is 19.5 Å². The largest absolute Gasteiger partial charge is 0.378 e. The van der Waals surface area contributed by atoms with Gasteiger partial charge in [0, 0.05) is 24.8 Å². The summed E-state index contributed by atoms with van der Waals surface area (Å²) in [6, 6.07) is 3.75. The molecule has 7 heteroatoms. The molecule has 0 radical (unpaired) electrons. The molecule has 2 rings (SSSR count). The zero-order valence-corrected chi connectivity index (χ0v) is 13.6.